The number of hydrogen-bond donors (Lipinski definition) is 0. The fraction of sp³-hybridized carbons (Fsp3) is 0. The Balaban J connectivity index is 1.14. The number of benzene rings is 9. The first-order valence-electron chi connectivity index (χ1n) is 17.3. The summed E-state index contributed by atoms with van der Waals surface area (Å²) in [5.41, 5.74) is 11.4. The fourth-order valence-corrected chi connectivity index (χ4v) is 7.71. The van der Waals surface area contributed by atoms with Gasteiger partial charge in [0.2, 0.25) is 0 Å². The summed E-state index contributed by atoms with van der Waals surface area (Å²) in [5, 5.41) is 9.43. The second-order valence-corrected chi connectivity index (χ2v) is 12.8. The van der Waals surface area contributed by atoms with Gasteiger partial charge in [-0.15, -0.1) is 0 Å². The molecule has 1 heteroatoms. The lowest BCUT2D eigenvalue weighted by Crippen LogP contribution is -1.92. The summed E-state index contributed by atoms with van der Waals surface area (Å²) in [7, 11) is 0. The van der Waals surface area contributed by atoms with Gasteiger partial charge in [-0.1, -0.05) is 158 Å². The van der Waals surface area contributed by atoms with Crippen LogP contribution in [0.5, 0.6) is 0 Å². The van der Waals surface area contributed by atoms with Crippen LogP contribution < -0.4 is 0 Å². The van der Waals surface area contributed by atoms with Crippen LogP contribution in [0, 0.1) is 0 Å². The first-order valence-corrected chi connectivity index (χ1v) is 16.8. The second kappa shape index (κ2) is 11.1. The molecule has 10 rings (SSSR count). The summed E-state index contributed by atoms with van der Waals surface area (Å²) in [4.78, 5) is 0. The van der Waals surface area contributed by atoms with Gasteiger partial charge in [-0.05, 0) is 101 Å². The highest BCUT2D eigenvalue weighted by atomic mass is 16.3. The molecule has 49 heavy (non-hydrogen) atoms. The van der Waals surface area contributed by atoms with Crippen LogP contribution >= 0.6 is 0 Å². The third kappa shape index (κ3) is 4.47. The maximum atomic E-state index is 8.07. The van der Waals surface area contributed by atoms with Gasteiger partial charge in [0.1, 0.15) is 11.2 Å². The molecular formula is C48H30O. The molecule has 9 aromatic carbocycles. The van der Waals surface area contributed by atoms with Crippen LogP contribution in [0.1, 0.15) is 1.37 Å². The van der Waals surface area contributed by atoms with E-state index in [4.69, 9.17) is 5.79 Å². The molecule has 0 fully saturated rings. The van der Waals surface area contributed by atoms with Gasteiger partial charge in [-0.2, -0.15) is 0 Å². The van der Waals surface area contributed by atoms with Crippen LogP contribution in [0.15, 0.2) is 186 Å². The molecule has 1 aromatic heterocycles. The Hall–Kier alpha value is -6.44. The number of furan rings is 1. The molecule has 0 aliphatic heterocycles. The van der Waals surface area contributed by atoms with Crippen LogP contribution in [0.4, 0.5) is 0 Å². The molecule has 0 atom stereocenters. The lowest BCUT2D eigenvalue weighted by Gasteiger charge is -2.20. The van der Waals surface area contributed by atoms with Crippen LogP contribution in [-0.2, 0) is 0 Å². The minimum Gasteiger partial charge on any atom is -0.456 e. The van der Waals surface area contributed by atoms with Crippen molar-refractivity contribution in [1.29, 1.82) is 0 Å². The molecule has 0 saturated heterocycles. The van der Waals surface area contributed by atoms with Crippen LogP contribution in [-0.4, -0.2) is 0 Å². The Labute approximate surface area is 285 Å². The molecule has 0 aliphatic carbocycles. The summed E-state index contributed by atoms with van der Waals surface area (Å²) in [6, 6.07) is 63.1. The van der Waals surface area contributed by atoms with Crippen molar-refractivity contribution in [1.82, 2.24) is 0 Å². The Morgan fingerprint density at radius 3 is 1.65 bits per heavy atom. The van der Waals surface area contributed by atoms with Gasteiger partial charge >= 0.3 is 0 Å². The van der Waals surface area contributed by atoms with Gasteiger partial charge < -0.3 is 4.42 Å². The number of para-hydroxylation sites is 1. The molecule has 0 radical (unpaired) electrons. The lowest BCUT2D eigenvalue weighted by atomic mass is 9.83. The van der Waals surface area contributed by atoms with E-state index in [2.05, 4.69) is 146 Å². The van der Waals surface area contributed by atoms with E-state index in [9.17, 15) is 0 Å². The maximum Gasteiger partial charge on any atom is 0.135 e. The smallest absolute Gasteiger partial charge is 0.135 e. The Kier molecular flexibility index (Phi) is 6.02. The van der Waals surface area contributed by atoms with Gasteiger partial charge in [0, 0.05) is 10.8 Å². The van der Waals surface area contributed by atoms with Crippen molar-refractivity contribution in [2.75, 3.05) is 0 Å². The summed E-state index contributed by atoms with van der Waals surface area (Å²) in [5.74, 6) is 0. The van der Waals surface area contributed by atoms with Crippen molar-refractivity contribution < 1.29 is 5.79 Å². The molecule has 0 unspecified atom stereocenters. The van der Waals surface area contributed by atoms with Crippen molar-refractivity contribution in [2.24, 2.45) is 0 Å². The molecule has 1 heterocycles. The molecule has 0 aliphatic rings. The fourth-order valence-electron chi connectivity index (χ4n) is 7.71. The van der Waals surface area contributed by atoms with E-state index >= 15 is 0 Å². The molecule has 0 N–H and O–H groups in total. The highest BCUT2D eigenvalue weighted by Crippen LogP contribution is 2.46. The number of hydrogen-bond acceptors (Lipinski definition) is 1. The zero-order valence-corrected chi connectivity index (χ0v) is 26.7. The van der Waals surface area contributed by atoms with Crippen molar-refractivity contribution in [2.45, 2.75) is 0 Å². The first kappa shape index (κ1) is 26.6. The van der Waals surface area contributed by atoms with Gasteiger partial charge in [-0.25, -0.2) is 0 Å². The molecular weight excluding hydrogens is 593 g/mol. The largest absolute Gasteiger partial charge is 0.456 e. The molecule has 0 saturated carbocycles. The van der Waals surface area contributed by atoms with E-state index < -0.39 is 0 Å². The zero-order valence-electron chi connectivity index (χ0n) is 27.7. The van der Waals surface area contributed by atoms with E-state index in [-0.39, 0.29) is 0 Å². The quantitative estimate of drug-likeness (QED) is 0.178. The third-order valence-electron chi connectivity index (χ3n) is 10.0. The summed E-state index contributed by atoms with van der Waals surface area (Å²) in [6.07, 6.45) is 0. The van der Waals surface area contributed by atoms with E-state index in [0.717, 1.165) is 32.7 Å². The molecule has 0 spiro atoms. The standard InChI is InChI=1S/C48H30O/c1-2-12-34-29-36(26-23-31(34)11-1)37-13-3-4-15-39(37)48-42-18-7-5-16-40(42)47(41-17-6-8-19-43(41)48)33-24-21-32(22-25-33)35-27-28-46-44(30-35)38-14-9-10-20-45(38)49-46/h1-30H/i1D. The van der Waals surface area contributed by atoms with Crippen molar-refractivity contribution in [3.8, 4) is 44.5 Å². The Bertz CT molecular complexity index is 2870. The highest BCUT2D eigenvalue weighted by Gasteiger charge is 2.19. The van der Waals surface area contributed by atoms with E-state index in [0.29, 0.717) is 6.04 Å². The average Bonchev–Trinajstić information content (AvgIpc) is 3.55. The van der Waals surface area contributed by atoms with Crippen molar-refractivity contribution in [3.63, 3.8) is 0 Å². The molecule has 10 aromatic rings. The topological polar surface area (TPSA) is 13.1 Å². The van der Waals surface area contributed by atoms with Gasteiger partial charge in [0.05, 0.1) is 1.37 Å². The number of fused-ring (bicyclic) bond motifs is 6. The average molecular weight is 624 g/mol. The monoisotopic (exact) mass is 623 g/mol. The normalized spacial score (nSPS) is 12.0. The van der Waals surface area contributed by atoms with Gasteiger partial charge in [0.15, 0.2) is 0 Å². The summed E-state index contributed by atoms with van der Waals surface area (Å²) < 4.78 is 14.2. The van der Waals surface area contributed by atoms with E-state index in [1.165, 1.54) is 66.1 Å². The summed E-state index contributed by atoms with van der Waals surface area (Å²) >= 11 is 0. The first-order chi connectivity index (χ1) is 24.7. The number of rotatable bonds is 4. The SMILES string of the molecule is [2H]c1ccc2cc(-c3ccccc3-c3c4ccccc4c(-c4ccc(-c5ccc6oc7ccccc7c6c5)cc4)c4ccccc34)ccc2c1. The minimum atomic E-state index is 0.530. The third-order valence-corrected chi connectivity index (χ3v) is 10.0. The summed E-state index contributed by atoms with van der Waals surface area (Å²) in [6.45, 7) is 0. The predicted octanol–water partition coefficient (Wildman–Crippen LogP) is 13.7. The van der Waals surface area contributed by atoms with E-state index in [1.807, 2.05) is 30.3 Å². The van der Waals surface area contributed by atoms with Crippen molar-refractivity contribution in [3.05, 3.63) is 182 Å². The van der Waals surface area contributed by atoms with Gasteiger partial charge in [0.25, 0.3) is 0 Å². The molecule has 228 valence electrons. The van der Waals surface area contributed by atoms with Crippen LogP contribution in [0.3, 0.4) is 0 Å². The second-order valence-electron chi connectivity index (χ2n) is 12.8. The molecule has 1 nitrogen and oxygen atoms in total. The Morgan fingerprint density at radius 1 is 0.327 bits per heavy atom. The Morgan fingerprint density at radius 2 is 0.898 bits per heavy atom. The minimum absolute atomic E-state index is 0.530. The molecule has 0 amide bonds. The van der Waals surface area contributed by atoms with Crippen molar-refractivity contribution >= 4 is 54.3 Å². The predicted molar refractivity (Wildman–Crippen MR) is 208 cm³/mol. The maximum absolute atomic E-state index is 8.07. The van der Waals surface area contributed by atoms with E-state index in [1.54, 1.807) is 0 Å². The lowest BCUT2D eigenvalue weighted by molar-refractivity contribution is 0.669. The van der Waals surface area contributed by atoms with Crippen LogP contribution in [0.25, 0.3) is 98.8 Å². The zero-order chi connectivity index (χ0) is 33.2. The van der Waals surface area contributed by atoms with Crippen LogP contribution in [0.2, 0.25) is 0 Å². The highest BCUT2D eigenvalue weighted by molar-refractivity contribution is 6.22. The van der Waals surface area contributed by atoms with Gasteiger partial charge in [-0.3, -0.25) is 0 Å². The molecule has 0 bridgehead atoms.